The number of aryl methyl sites for hydroxylation is 2. The Morgan fingerprint density at radius 2 is 1.94 bits per heavy atom. The lowest BCUT2D eigenvalue weighted by Crippen LogP contribution is -2.52. The quantitative estimate of drug-likeness (QED) is 0.533. The molecule has 35 heavy (non-hydrogen) atoms. The molecule has 178 valence electrons. The van der Waals surface area contributed by atoms with E-state index in [1.165, 1.54) is 9.58 Å². The number of benzene rings is 1. The highest BCUT2D eigenvalue weighted by Crippen LogP contribution is 2.32. The Morgan fingerprint density at radius 3 is 2.69 bits per heavy atom. The number of hydrogen-bond acceptors (Lipinski definition) is 7. The van der Waals surface area contributed by atoms with Crippen LogP contribution in [-0.4, -0.2) is 54.5 Å². The second-order valence-corrected chi connectivity index (χ2v) is 8.72. The number of hydrogen-bond donors (Lipinski definition) is 2. The third-order valence-corrected chi connectivity index (χ3v) is 6.08. The molecule has 1 saturated heterocycles. The standard InChI is InChI=1S/C24H23N7O4/c1-13-8-15(9-14(2)25-13)19-11-30(29-28-19)12-22(33)26-18-5-3-4-16-17(18)10-31(24(16)35)20-6-7-21(32)27-23(20)34/h3-5,8-9,11,20H,6-7,10,12H2,1-2H3,(H,26,33)(H,27,32,34). The van der Waals surface area contributed by atoms with Crippen LogP contribution in [0.2, 0.25) is 0 Å². The molecule has 0 radical (unpaired) electrons. The Morgan fingerprint density at radius 1 is 1.17 bits per heavy atom. The molecule has 1 unspecified atom stereocenters. The summed E-state index contributed by atoms with van der Waals surface area (Å²) in [5, 5.41) is 13.4. The summed E-state index contributed by atoms with van der Waals surface area (Å²) in [7, 11) is 0. The average Bonchev–Trinajstić information content (AvgIpc) is 3.39. The maximum absolute atomic E-state index is 13.0. The van der Waals surface area contributed by atoms with Crippen LogP contribution in [0.1, 0.15) is 40.2 Å². The topological polar surface area (TPSA) is 139 Å². The summed E-state index contributed by atoms with van der Waals surface area (Å²) in [5.41, 5.74) is 4.80. The van der Waals surface area contributed by atoms with Crippen LogP contribution in [0, 0.1) is 13.8 Å². The van der Waals surface area contributed by atoms with Gasteiger partial charge in [0, 0.05) is 46.7 Å². The normalized spacial score (nSPS) is 17.4. The van der Waals surface area contributed by atoms with E-state index in [0.717, 1.165) is 17.0 Å². The molecule has 11 nitrogen and oxygen atoms in total. The number of fused-ring (bicyclic) bond motifs is 1. The number of anilines is 1. The van der Waals surface area contributed by atoms with Gasteiger partial charge in [-0.05, 0) is 44.5 Å². The van der Waals surface area contributed by atoms with Gasteiger partial charge in [0.1, 0.15) is 18.3 Å². The summed E-state index contributed by atoms with van der Waals surface area (Å²) in [4.78, 5) is 55.3. The van der Waals surface area contributed by atoms with Gasteiger partial charge < -0.3 is 10.2 Å². The van der Waals surface area contributed by atoms with Crippen molar-refractivity contribution in [2.75, 3.05) is 5.32 Å². The molecule has 2 aromatic heterocycles. The second kappa shape index (κ2) is 8.75. The molecule has 1 aromatic carbocycles. The maximum Gasteiger partial charge on any atom is 0.255 e. The van der Waals surface area contributed by atoms with E-state index in [1.54, 1.807) is 24.4 Å². The van der Waals surface area contributed by atoms with Crippen molar-refractivity contribution in [2.24, 2.45) is 0 Å². The molecule has 2 aliphatic rings. The summed E-state index contributed by atoms with van der Waals surface area (Å²) in [5.74, 6) is -1.44. The lowest BCUT2D eigenvalue weighted by molar-refractivity contribution is -0.137. The van der Waals surface area contributed by atoms with E-state index < -0.39 is 11.9 Å². The molecule has 2 N–H and O–H groups in total. The molecule has 3 aromatic rings. The lowest BCUT2D eigenvalue weighted by atomic mass is 10.0. The fourth-order valence-corrected chi connectivity index (χ4v) is 4.53. The number of pyridine rings is 1. The second-order valence-electron chi connectivity index (χ2n) is 8.72. The van der Waals surface area contributed by atoms with Crippen LogP contribution in [-0.2, 0) is 27.5 Å². The van der Waals surface area contributed by atoms with Gasteiger partial charge in [-0.2, -0.15) is 0 Å². The molecule has 0 saturated carbocycles. The largest absolute Gasteiger partial charge is 0.324 e. The molecule has 11 heteroatoms. The minimum Gasteiger partial charge on any atom is -0.324 e. The van der Waals surface area contributed by atoms with Gasteiger partial charge in [0.25, 0.3) is 5.91 Å². The number of nitrogens with one attached hydrogen (secondary N) is 2. The van der Waals surface area contributed by atoms with E-state index in [-0.39, 0.29) is 43.7 Å². The van der Waals surface area contributed by atoms with Gasteiger partial charge in [0.15, 0.2) is 0 Å². The zero-order chi connectivity index (χ0) is 24.7. The van der Waals surface area contributed by atoms with E-state index >= 15 is 0 Å². The van der Waals surface area contributed by atoms with Gasteiger partial charge in [-0.1, -0.05) is 11.3 Å². The van der Waals surface area contributed by atoms with Crippen molar-refractivity contribution in [3.63, 3.8) is 0 Å². The number of carbonyl (C=O) groups excluding carboxylic acids is 4. The van der Waals surface area contributed by atoms with Crippen LogP contribution in [0.3, 0.4) is 0 Å². The molecule has 5 rings (SSSR count). The van der Waals surface area contributed by atoms with Crippen LogP contribution in [0.25, 0.3) is 11.3 Å². The van der Waals surface area contributed by atoms with Crippen LogP contribution >= 0.6 is 0 Å². The number of aromatic nitrogens is 4. The molecule has 1 atom stereocenters. The highest BCUT2D eigenvalue weighted by atomic mass is 16.2. The maximum atomic E-state index is 13.0. The Balaban J connectivity index is 1.29. The Hall–Kier alpha value is -4.41. The number of imide groups is 1. The number of rotatable bonds is 5. The Labute approximate surface area is 200 Å². The third-order valence-electron chi connectivity index (χ3n) is 6.08. The number of piperidine rings is 1. The molecular formula is C24H23N7O4. The Bertz CT molecular complexity index is 1360. The monoisotopic (exact) mass is 473 g/mol. The smallest absolute Gasteiger partial charge is 0.255 e. The van der Waals surface area contributed by atoms with Crippen LogP contribution < -0.4 is 10.6 Å². The van der Waals surface area contributed by atoms with Crippen molar-refractivity contribution >= 4 is 29.3 Å². The van der Waals surface area contributed by atoms with Crippen molar-refractivity contribution in [3.05, 3.63) is 59.0 Å². The number of nitrogens with zero attached hydrogens (tertiary/aromatic N) is 5. The van der Waals surface area contributed by atoms with E-state index in [2.05, 4.69) is 25.9 Å². The Kier molecular flexibility index (Phi) is 5.59. The van der Waals surface area contributed by atoms with Gasteiger partial charge >= 0.3 is 0 Å². The minimum absolute atomic E-state index is 0.0650. The zero-order valence-electron chi connectivity index (χ0n) is 19.2. The van der Waals surface area contributed by atoms with E-state index in [0.29, 0.717) is 22.5 Å². The molecule has 0 aliphatic carbocycles. The molecule has 0 spiro atoms. The fraction of sp³-hybridized carbons (Fsp3) is 0.292. The predicted octanol–water partition coefficient (Wildman–Crippen LogP) is 1.36. The minimum atomic E-state index is -0.717. The van der Waals surface area contributed by atoms with Gasteiger partial charge in [0.2, 0.25) is 17.7 Å². The van der Waals surface area contributed by atoms with Gasteiger partial charge in [-0.25, -0.2) is 4.68 Å². The highest BCUT2D eigenvalue weighted by Gasteiger charge is 2.39. The van der Waals surface area contributed by atoms with Crippen LogP contribution in [0.4, 0.5) is 5.69 Å². The third kappa shape index (κ3) is 4.39. The summed E-state index contributed by atoms with van der Waals surface area (Å²) < 4.78 is 1.44. The first-order valence-electron chi connectivity index (χ1n) is 11.2. The van der Waals surface area contributed by atoms with E-state index in [1.807, 2.05) is 26.0 Å². The van der Waals surface area contributed by atoms with E-state index in [4.69, 9.17) is 0 Å². The first-order valence-corrected chi connectivity index (χ1v) is 11.2. The van der Waals surface area contributed by atoms with Gasteiger partial charge in [-0.3, -0.25) is 29.5 Å². The molecule has 4 amide bonds. The average molecular weight is 473 g/mol. The number of amides is 4. The SMILES string of the molecule is Cc1cc(-c2cn(CC(=O)Nc3cccc4c3CN(C3CCC(=O)NC3=O)C4=O)nn2)cc(C)n1. The van der Waals surface area contributed by atoms with Gasteiger partial charge in [0.05, 0.1) is 6.20 Å². The predicted molar refractivity (Wildman–Crippen MR) is 124 cm³/mol. The summed E-state index contributed by atoms with van der Waals surface area (Å²) in [6.45, 7) is 3.91. The lowest BCUT2D eigenvalue weighted by Gasteiger charge is -2.29. The molecule has 2 aliphatic heterocycles. The molecule has 4 heterocycles. The van der Waals surface area contributed by atoms with Crippen LogP contribution in [0.5, 0.6) is 0 Å². The first-order chi connectivity index (χ1) is 16.8. The number of carbonyl (C=O) groups is 4. The summed E-state index contributed by atoms with van der Waals surface area (Å²) in [6.07, 6.45) is 2.15. The summed E-state index contributed by atoms with van der Waals surface area (Å²) in [6, 6.07) is 8.15. The van der Waals surface area contributed by atoms with Crippen molar-refractivity contribution < 1.29 is 19.2 Å². The summed E-state index contributed by atoms with van der Waals surface area (Å²) >= 11 is 0. The van der Waals surface area contributed by atoms with E-state index in [9.17, 15) is 19.2 Å². The van der Waals surface area contributed by atoms with Crippen LogP contribution in [0.15, 0.2) is 36.5 Å². The van der Waals surface area contributed by atoms with Gasteiger partial charge in [-0.15, -0.1) is 5.10 Å². The van der Waals surface area contributed by atoms with Crippen molar-refractivity contribution in [1.82, 2.24) is 30.2 Å². The van der Waals surface area contributed by atoms with Crippen molar-refractivity contribution in [1.29, 1.82) is 0 Å². The zero-order valence-corrected chi connectivity index (χ0v) is 19.2. The highest BCUT2D eigenvalue weighted by molar-refractivity contribution is 6.06. The molecule has 0 bridgehead atoms. The fourth-order valence-electron chi connectivity index (χ4n) is 4.53. The van der Waals surface area contributed by atoms with Crippen molar-refractivity contribution in [2.45, 2.75) is 45.8 Å². The van der Waals surface area contributed by atoms with Crippen molar-refractivity contribution in [3.8, 4) is 11.3 Å². The molecular weight excluding hydrogens is 450 g/mol. The molecule has 1 fully saturated rings. The first kappa shape index (κ1) is 22.4.